The summed E-state index contributed by atoms with van der Waals surface area (Å²) in [5.41, 5.74) is 2.13. The number of amides is 3. The van der Waals surface area contributed by atoms with E-state index in [0.29, 0.717) is 66.4 Å². The number of hydrogen-bond donors (Lipinski definition) is 2. The Hall–Kier alpha value is -3.40. The van der Waals surface area contributed by atoms with Gasteiger partial charge in [-0.1, -0.05) is 34.2 Å². The molecule has 1 unspecified atom stereocenters. The number of nitrogens with zero attached hydrogens (tertiary/aromatic N) is 3. The molecule has 14 heteroatoms. The van der Waals surface area contributed by atoms with E-state index in [9.17, 15) is 9.59 Å². The first-order valence-electron chi connectivity index (χ1n) is 13.5. The van der Waals surface area contributed by atoms with Crippen LogP contribution in [0, 0.1) is 0 Å². The number of nitrogens with one attached hydrogen (secondary N) is 2. The topological polar surface area (TPSA) is 124 Å². The first kappa shape index (κ1) is 29.7. The largest absolute Gasteiger partial charge is 0.496 e. The van der Waals surface area contributed by atoms with Crippen molar-refractivity contribution in [3.63, 3.8) is 0 Å². The number of methoxy groups -OCH3 is 2. The average Bonchev–Trinajstić information content (AvgIpc) is 3.40. The summed E-state index contributed by atoms with van der Waals surface area (Å²) in [6.45, 7) is 1.17. The lowest BCUT2D eigenvalue weighted by atomic mass is 10.1. The summed E-state index contributed by atoms with van der Waals surface area (Å²) in [6, 6.07) is 8.13. The summed E-state index contributed by atoms with van der Waals surface area (Å²) >= 11 is 10.0. The number of carbonyl (C=O) groups excluding carboxylic acids is 2. The maximum atomic E-state index is 13.5. The van der Waals surface area contributed by atoms with Crippen molar-refractivity contribution in [2.45, 2.75) is 29.8 Å². The van der Waals surface area contributed by atoms with Crippen molar-refractivity contribution in [3.05, 3.63) is 52.1 Å². The Morgan fingerprint density at radius 1 is 1.19 bits per heavy atom. The number of thiophene rings is 1. The molecule has 2 N–H and O–H groups in total. The summed E-state index contributed by atoms with van der Waals surface area (Å²) in [5.74, 6) is 1.52. The van der Waals surface area contributed by atoms with E-state index in [0.717, 1.165) is 42.8 Å². The molecule has 11 nitrogen and oxygen atoms in total. The molecule has 1 fully saturated rings. The van der Waals surface area contributed by atoms with Crippen LogP contribution in [0.2, 0.25) is 5.02 Å². The van der Waals surface area contributed by atoms with Crippen molar-refractivity contribution in [2.75, 3.05) is 43.0 Å². The van der Waals surface area contributed by atoms with Crippen molar-refractivity contribution in [2.24, 2.45) is 0 Å². The van der Waals surface area contributed by atoms with Gasteiger partial charge in [-0.05, 0) is 37.5 Å². The number of halogens is 2. The molecule has 0 radical (unpaired) electrons. The summed E-state index contributed by atoms with van der Waals surface area (Å²) < 4.78 is 23.4. The smallest absolute Gasteiger partial charge is 0.332 e. The number of urea groups is 1. The molecule has 0 spiro atoms. The zero-order chi connectivity index (χ0) is 30.1. The van der Waals surface area contributed by atoms with Crippen molar-refractivity contribution >= 4 is 90.6 Å². The van der Waals surface area contributed by atoms with Crippen molar-refractivity contribution < 1.29 is 28.5 Å². The minimum atomic E-state index is -0.517. The molecule has 0 aliphatic carbocycles. The Morgan fingerprint density at radius 3 is 2.77 bits per heavy atom. The van der Waals surface area contributed by atoms with Crippen LogP contribution in [0.3, 0.4) is 0 Å². The van der Waals surface area contributed by atoms with Crippen LogP contribution in [0.4, 0.5) is 27.7 Å². The van der Waals surface area contributed by atoms with Crippen LogP contribution in [-0.2, 0) is 9.16 Å². The van der Waals surface area contributed by atoms with Crippen LogP contribution >= 0.6 is 45.5 Å². The summed E-state index contributed by atoms with van der Waals surface area (Å²) in [6.07, 6.45) is 4.56. The van der Waals surface area contributed by atoms with Crippen LogP contribution in [0.15, 0.2) is 36.7 Å². The quantitative estimate of drug-likeness (QED) is 0.137. The molecule has 3 amide bonds. The van der Waals surface area contributed by atoms with Gasteiger partial charge in [-0.15, -0.1) is 11.3 Å². The normalized spacial score (nSPS) is 16.1. The summed E-state index contributed by atoms with van der Waals surface area (Å²) in [5, 5.41) is 6.66. The van der Waals surface area contributed by atoms with Gasteiger partial charge in [0, 0.05) is 34.4 Å². The van der Waals surface area contributed by atoms with E-state index in [1.54, 1.807) is 44.6 Å². The van der Waals surface area contributed by atoms with Crippen molar-refractivity contribution in [3.8, 4) is 17.2 Å². The number of alkyl halides is 1. The maximum absolute atomic E-state index is 13.5. The number of carbonyl (C=O) groups is 2. The molecule has 224 valence electrons. The number of benzene rings is 2. The molecule has 1 saturated heterocycles. The molecule has 1 atom stereocenters. The molecule has 43 heavy (non-hydrogen) atoms. The summed E-state index contributed by atoms with van der Waals surface area (Å²) in [7, 11) is 3.10. The lowest BCUT2D eigenvalue weighted by Gasteiger charge is -2.28. The average molecular weight is 736 g/mol. The van der Waals surface area contributed by atoms with E-state index in [1.807, 2.05) is 0 Å². The van der Waals surface area contributed by atoms with Gasteiger partial charge in [0.2, 0.25) is 0 Å². The molecule has 2 aromatic carbocycles. The van der Waals surface area contributed by atoms with Gasteiger partial charge in [-0.3, -0.25) is 4.79 Å². The fraction of sp³-hybridized carbons (Fsp3) is 0.310. The Bertz CT molecular complexity index is 1710. The molecule has 4 heterocycles. The van der Waals surface area contributed by atoms with E-state index < -0.39 is 11.9 Å². The zero-order valence-electron chi connectivity index (χ0n) is 23.2. The SMILES string of the molecule is COc1cc(N2C(=O)Nc3c(C(=O)Nc4ccc(OCC5CCCCO5)c(OC)c4)sc4ncnc2c34)c(Cl)cc1CI. The molecule has 4 aromatic rings. The van der Waals surface area contributed by atoms with Crippen LogP contribution in [0.5, 0.6) is 17.2 Å². The lowest BCUT2D eigenvalue weighted by molar-refractivity contribution is -0.0114. The molecule has 2 aromatic heterocycles. The molecule has 0 saturated carbocycles. The van der Waals surface area contributed by atoms with Gasteiger partial charge in [0.15, 0.2) is 17.3 Å². The number of anilines is 4. The van der Waals surface area contributed by atoms with Crippen molar-refractivity contribution in [1.29, 1.82) is 0 Å². The fourth-order valence-electron chi connectivity index (χ4n) is 5.07. The van der Waals surface area contributed by atoms with Gasteiger partial charge >= 0.3 is 6.03 Å². The highest BCUT2D eigenvalue weighted by atomic mass is 127. The van der Waals surface area contributed by atoms with Crippen LogP contribution in [-0.4, -0.2) is 55.4 Å². The predicted octanol–water partition coefficient (Wildman–Crippen LogP) is 7.18. The van der Waals surface area contributed by atoms with E-state index in [-0.39, 0.29) is 11.0 Å². The third kappa shape index (κ3) is 5.78. The first-order valence-corrected chi connectivity index (χ1v) is 16.2. The maximum Gasteiger partial charge on any atom is 0.332 e. The van der Waals surface area contributed by atoms with Crippen LogP contribution < -0.4 is 29.7 Å². The van der Waals surface area contributed by atoms with Gasteiger partial charge in [-0.2, -0.15) is 0 Å². The Balaban J connectivity index is 1.28. The Labute approximate surface area is 270 Å². The van der Waals surface area contributed by atoms with Gasteiger partial charge in [0.1, 0.15) is 28.4 Å². The molecule has 2 aliphatic heterocycles. The molecular weight excluding hydrogens is 709 g/mol. The lowest BCUT2D eigenvalue weighted by Crippen LogP contribution is -2.35. The van der Waals surface area contributed by atoms with Gasteiger partial charge < -0.3 is 29.6 Å². The van der Waals surface area contributed by atoms with Gasteiger partial charge in [0.25, 0.3) is 5.91 Å². The second-order valence-corrected chi connectivity index (χ2v) is 12.0. The number of hydrogen-bond acceptors (Lipinski definition) is 9. The molecule has 2 aliphatic rings. The predicted molar refractivity (Wildman–Crippen MR) is 174 cm³/mol. The number of rotatable bonds is 9. The molecular formula is C29H27ClIN5O6S. The molecule has 6 rings (SSSR count). The highest BCUT2D eigenvalue weighted by Gasteiger charge is 2.35. The fourth-order valence-corrected chi connectivity index (χ4v) is 6.93. The third-order valence-electron chi connectivity index (χ3n) is 7.18. The van der Waals surface area contributed by atoms with Gasteiger partial charge in [-0.25, -0.2) is 19.7 Å². The van der Waals surface area contributed by atoms with E-state index in [4.69, 9.17) is 30.5 Å². The van der Waals surface area contributed by atoms with Gasteiger partial charge in [0.05, 0.1) is 42.1 Å². The second kappa shape index (κ2) is 12.7. The van der Waals surface area contributed by atoms with E-state index in [1.165, 1.54) is 11.2 Å². The molecule has 0 bridgehead atoms. The second-order valence-electron chi connectivity index (χ2n) is 9.82. The Kier molecular flexibility index (Phi) is 8.75. The first-order chi connectivity index (χ1) is 20.9. The highest BCUT2D eigenvalue weighted by Crippen LogP contribution is 2.47. The van der Waals surface area contributed by atoms with Crippen LogP contribution in [0.25, 0.3) is 10.2 Å². The highest BCUT2D eigenvalue weighted by molar-refractivity contribution is 14.1. The zero-order valence-corrected chi connectivity index (χ0v) is 27.0. The van der Waals surface area contributed by atoms with Crippen molar-refractivity contribution in [1.82, 2.24) is 9.97 Å². The monoisotopic (exact) mass is 735 g/mol. The van der Waals surface area contributed by atoms with E-state index >= 15 is 0 Å². The minimum Gasteiger partial charge on any atom is -0.496 e. The Morgan fingerprint density at radius 2 is 2.02 bits per heavy atom. The number of aromatic nitrogens is 2. The third-order valence-corrected chi connectivity index (χ3v) is 9.40. The van der Waals surface area contributed by atoms with Crippen LogP contribution in [0.1, 0.15) is 34.5 Å². The minimum absolute atomic E-state index is 0.0512. The summed E-state index contributed by atoms with van der Waals surface area (Å²) in [4.78, 5) is 38.0. The van der Waals surface area contributed by atoms with E-state index in [2.05, 4.69) is 43.2 Å². The number of ether oxygens (including phenoxy) is 4. The standard InChI is InChI=1S/C29H27ClIN5O6S/c1-39-21-11-19(18(30)9-15(21)12-31)36-26-23-24(35-29(36)38)25(43-28(23)33-14-32-26)27(37)34-16-6-7-20(22(10-16)40-2)42-13-17-5-3-4-8-41-17/h6-7,9-11,14,17H,3-5,8,12-13H2,1-2H3,(H,34,37)(H,35,38).